The summed E-state index contributed by atoms with van der Waals surface area (Å²) in [5.74, 6) is -1.84. The number of nitrogens with one attached hydrogen (secondary N) is 1. The predicted molar refractivity (Wildman–Crippen MR) is 96.8 cm³/mol. The van der Waals surface area contributed by atoms with Crippen molar-refractivity contribution in [2.45, 2.75) is 6.92 Å². The van der Waals surface area contributed by atoms with Gasteiger partial charge in [0.15, 0.2) is 5.92 Å². The van der Waals surface area contributed by atoms with E-state index in [-0.39, 0.29) is 0 Å². The van der Waals surface area contributed by atoms with Crippen LogP contribution in [0.2, 0.25) is 0 Å². The predicted octanol–water partition coefficient (Wildman–Crippen LogP) is 2.61. The Hall–Kier alpha value is -3.48. The normalized spacial score (nSPS) is 17.5. The van der Waals surface area contributed by atoms with Crippen molar-refractivity contribution in [3.05, 3.63) is 54.1 Å². The van der Waals surface area contributed by atoms with Crippen LogP contribution in [0.25, 0.3) is 0 Å². The molecule has 1 N–H and O–H groups in total. The number of benzene rings is 2. The molecule has 7 heteroatoms. The van der Waals surface area contributed by atoms with Gasteiger partial charge in [0.25, 0.3) is 5.91 Å². The first kappa shape index (κ1) is 17.3. The number of methoxy groups -OCH3 is 1. The molecule has 0 aliphatic carbocycles. The van der Waals surface area contributed by atoms with Crippen LogP contribution in [0.5, 0.6) is 5.75 Å². The Kier molecular flexibility index (Phi) is 4.79. The summed E-state index contributed by atoms with van der Waals surface area (Å²) in [6.45, 7) is 1.85. The third-order valence-corrected chi connectivity index (χ3v) is 3.91. The van der Waals surface area contributed by atoms with Gasteiger partial charge in [0.2, 0.25) is 5.91 Å². The van der Waals surface area contributed by atoms with E-state index in [0.717, 1.165) is 10.5 Å². The zero-order chi connectivity index (χ0) is 18.7. The Bertz CT molecular complexity index is 890. The largest absolute Gasteiger partial charge is 0.497 e. The molecule has 0 radical (unpaired) electrons. The van der Waals surface area contributed by atoms with Gasteiger partial charge in [-0.2, -0.15) is 0 Å². The van der Waals surface area contributed by atoms with Crippen LogP contribution in [0.15, 0.2) is 53.5 Å². The fourth-order valence-corrected chi connectivity index (χ4v) is 2.56. The van der Waals surface area contributed by atoms with Crippen molar-refractivity contribution in [3.63, 3.8) is 0 Å². The number of ether oxygens (including phenoxy) is 1. The molecule has 1 aliphatic rings. The number of anilines is 1. The highest BCUT2D eigenvalue weighted by Crippen LogP contribution is 2.22. The molecule has 1 heterocycles. The minimum atomic E-state index is -1.18. The van der Waals surface area contributed by atoms with E-state index in [1.54, 1.807) is 49.6 Å². The fourth-order valence-electron chi connectivity index (χ4n) is 2.56. The zero-order valence-electron chi connectivity index (χ0n) is 14.3. The van der Waals surface area contributed by atoms with Crippen LogP contribution >= 0.6 is 0 Å². The molecule has 3 rings (SSSR count). The van der Waals surface area contributed by atoms with E-state index in [9.17, 15) is 14.4 Å². The van der Waals surface area contributed by atoms with Gasteiger partial charge in [-0.15, -0.1) is 0 Å². The SMILES string of the molecule is COc1ccc(N=C[C@H]2C(=O)NC(=O)N(c3cccc(C)c3)C2=O)cc1. The third-order valence-electron chi connectivity index (χ3n) is 3.91. The molecule has 26 heavy (non-hydrogen) atoms. The highest BCUT2D eigenvalue weighted by atomic mass is 16.5. The van der Waals surface area contributed by atoms with E-state index in [4.69, 9.17) is 4.74 Å². The third kappa shape index (κ3) is 3.46. The summed E-state index contributed by atoms with van der Waals surface area (Å²) < 4.78 is 5.07. The lowest BCUT2D eigenvalue weighted by molar-refractivity contribution is -0.131. The maximum Gasteiger partial charge on any atom is 0.335 e. The number of hydrogen-bond donors (Lipinski definition) is 1. The molecule has 2 aromatic carbocycles. The number of carbonyl (C=O) groups excluding carboxylic acids is 3. The van der Waals surface area contributed by atoms with E-state index in [2.05, 4.69) is 10.3 Å². The molecule has 1 fully saturated rings. The number of hydrogen-bond acceptors (Lipinski definition) is 5. The first-order valence-electron chi connectivity index (χ1n) is 7.93. The zero-order valence-corrected chi connectivity index (χ0v) is 14.3. The smallest absolute Gasteiger partial charge is 0.335 e. The molecule has 0 saturated carbocycles. The van der Waals surface area contributed by atoms with Crippen molar-refractivity contribution in [2.24, 2.45) is 10.9 Å². The Morgan fingerprint density at radius 3 is 2.50 bits per heavy atom. The van der Waals surface area contributed by atoms with Gasteiger partial charge in [-0.05, 0) is 48.9 Å². The Morgan fingerprint density at radius 2 is 1.85 bits per heavy atom. The highest BCUT2D eigenvalue weighted by Gasteiger charge is 2.40. The van der Waals surface area contributed by atoms with E-state index in [0.29, 0.717) is 17.1 Å². The van der Waals surface area contributed by atoms with Crippen molar-refractivity contribution in [2.75, 3.05) is 12.0 Å². The van der Waals surface area contributed by atoms with E-state index in [1.807, 2.05) is 13.0 Å². The molecule has 1 aliphatic heterocycles. The molecule has 0 unspecified atom stereocenters. The van der Waals surface area contributed by atoms with Crippen molar-refractivity contribution < 1.29 is 19.1 Å². The average Bonchev–Trinajstić information content (AvgIpc) is 2.62. The molecule has 4 amide bonds. The number of carbonyl (C=O) groups is 3. The van der Waals surface area contributed by atoms with Crippen molar-refractivity contribution >= 4 is 35.4 Å². The minimum Gasteiger partial charge on any atom is -0.497 e. The number of amides is 4. The second-order valence-corrected chi connectivity index (χ2v) is 5.76. The monoisotopic (exact) mass is 351 g/mol. The van der Waals surface area contributed by atoms with Crippen LogP contribution < -0.4 is 15.0 Å². The molecule has 0 aromatic heterocycles. The van der Waals surface area contributed by atoms with Crippen LogP contribution in [0.1, 0.15) is 5.56 Å². The first-order valence-corrected chi connectivity index (χ1v) is 7.93. The first-order chi connectivity index (χ1) is 12.5. The molecule has 2 aromatic rings. The number of nitrogens with zero attached hydrogens (tertiary/aromatic N) is 2. The lowest BCUT2D eigenvalue weighted by Gasteiger charge is -2.28. The Labute approximate surface area is 150 Å². The van der Waals surface area contributed by atoms with Gasteiger partial charge in [-0.3, -0.25) is 19.9 Å². The van der Waals surface area contributed by atoms with Crippen LogP contribution in [-0.4, -0.2) is 31.2 Å². The number of aliphatic imine (C=N–C) groups is 1. The van der Waals surface area contributed by atoms with Gasteiger partial charge in [0.1, 0.15) is 5.75 Å². The summed E-state index contributed by atoms with van der Waals surface area (Å²) in [5, 5.41) is 2.20. The van der Waals surface area contributed by atoms with Gasteiger partial charge < -0.3 is 4.74 Å². The van der Waals surface area contributed by atoms with Gasteiger partial charge in [-0.25, -0.2) is 9.69 Å². The molecular weight excluding hydrogens is 334 g/mol. The molecule has 132 valence electrons. The van der Waals surface area contributed by atoms with Gasteiger partial charge >= 0.3 is 6.03 Å². The summed E-state index contributed by atoms with van der Waals surface area (Å²) in [6, 6.07) is 13.0. The quantitative estimate of drug-likeness (QED) is 0.677. The molecular formula is C19H17N3O4. The maximum absolute atomic E-state index is 12.7. The van der Waals surface area contributed by atoms with Crippen molar-refractivity contribution in [1.29, 1.82) is 0 Å². The van der Waals surface area contributed by atoms with Gasteiger partial charge in [0, 0.05) is 6.21 Å². The van der Waals surface area contributed by atoms with E-state index >= 15 is 0 Å². The number of urea groups is 1. The number of aryl methyl sites for hydroxylation is 1. The van der Waals surface area contributed by atoms with E-state index < -0.39 is 23.8 Å². The molecule has 0 spiro atoms. The van der Waals surface area contributed by atoms with Crippen molar-refractivity contribution in [1.82, 2.24) is 5.32 Å². The van der Waals surface area contributed by atoms with E-state index in [1.165, 1.54) is 6.21 Å². The molecule has 7 nitrogen and oxygen atoms in total. The topological polar surface area (TPSA) is 88.1 Å². The summed E-state index contributed by atoms with van der Waals surface area (Å²) in [7, 11) is 1.56. The van der Waals surface area contributed by atoms with Crippen LogP contribution in [-0.2, 0) is 9.59 Å². The number of rotatable bonds is 4. The van der Waals surface area contributed by atoms with Crippen LogP contribution in [0.4, 0.5) is 16.2 Å². The summed E-state index contributed by atoms with van der Waals surface area (Å²) in [4.78, 5) is 42.1. The van der Waals surface area contributed by atoms with Crippen LogP contribution in [0, 0.1) is 12.8 Å². The lowest BCUT2D eigenvalue weighted by atomic mass is 10.1. The van der Waals surface area contributed by atoms with Gasteiger partial charge in [-0.1, -0.05) is 12.1 Å². The molecule has 1 atom stereocenters. The van der Waals surface area contributed by atoms with Gasteiger partial charge in [0.05, 0.1) is 18.5 Å². The minimum absolute atomic E-state index is 0.405. The summed E-state index contributed by atoms with van der Waals surface area (Å²) in [6.07, 6.45) is 1.24. The second kappa shape index (κ2) is 7.18. The molecule has 0 bridgehead atoms. The highest BCUT2D eigenvalue weighted by molar-refractivity contribution is 6.32. The maximum atomic E-state index is 12.7. The second-order valence-electron chi connectivity index (χ2n) is 5.76. The Morgan fingerprint density at radius 1 is 1.12 bits per heavy atom. The molecule has 1 saturated heterocycles. The van der Waals surface area contributed by atoms with Crippen LogP contribution in [0.3, 0.4) is 0 Å². The van der Waals surface area contributed by atoms with Crippen molar-refractivity contribution in [3.8, 4) is 5.75 Å². The Balaban J connectivity index is 1.86. The lowest BCUT2D eigenvalue weighted by Crippen LogP contribution is -2.58. The summed E-state index contributed by atoms with van der Waals surface area (Å²) >= 11 is 0. The number of barbiturate groups is 1. The summed E-state index contributed by atoms with van der Waals surface area (Å²) in [5.41, 5.74) is 1.86. The fraction of sp³-hybridized carbons (Fsp3) is 0.158. The average molecular weight is 351 g/mol. The number of imide groups is 2. The standard InChI is InChI=1S/C19H17N3O4/c1-12-4-3-5-14(10-12)22-18(24)16(17(23)21-19(22)25)11-20-13-6-8-15(26-2)9-7-13/h3-11,16H,1-2H3,(H,21,23,25)/t16-/m0/s1.